The van der Waals surface area contributed by atoms with Gasteiger partial charge in [0.25, 0.3) is 0 Å². The summed E-state index contributed by atoms with van der Waals surface area (Å²) in [5, 5.41) is 2.81. The fraction of sp³-hybridized carbons (Fsp3) is 0.429. The number of aromatic amines is 1. The Kier molecular flexibility index (Phi) is 7.92. The maximum atomic E-state index is 12.1. The monoisotopic (exact) mass is 388 g/mol. The Hall–Kier alpha value is -2.96. The second kappa shape index (κ2) is 10.4. The molecule has 1 amide bonds. The van der Waals surface area contributed by atoms with Crippen LogP contribution in [0.1, 0.15) is 31.5 Å². The molecule has 0 spiro atoms. The van der Waals surface area contributed by atoms with Crippen LogP contribution in [0.3, 0.4) is 0 Å². The van der Waals surface area contributed by atoms with Gasteiger partial charge in [-0.3, -0.25) is 9.59 Å². The molecule has 0 bridgehead atoms. The van der Waals surface area contributed by atoms with Crippen molar-refractivity contribution in [2.75, 3.05) is 20.8 Å². The molecule has 1 aromatic heterocycles. The van der Waals surface area contributed by atoms with E-state index >= 15 is 0 Å². The summed E-state index contributed by atoms with van der Waals surface area (Å²) in [6, 6.07) is 7.03. The summed E-state index contributed by atoms with van der Waals surface area (Å²) >= 11 is 0. The molecule has 2 N–H and O–H groups in total. The molecule has 0 aliphatic carbocycles. The smallest absolute Gasteiger partial charge is 0.223 e. The van der Waals surface area contributed by atoms with E-state index in [9.17, 15) is 9.59 Å². The average Bonchev–Trinajstić information content (AvgIpc) is 2.69. The first kappa shape index (κ1) is 21.3. The predicted octanol–water partition coefficient (Wildman–Crippen LogP) is 2.68. The van der Waals surface area contributed by atoms with Gasteiger partial charge in [0.2, 0.25) is 11.3 Å². The Morgan fingerprint density at radius 2 is 1.86 bits per heavy atom. The first-order valence-electron chi connectivity index (χ1n) is 9.25. The molecule has 0 radical (unpaired) electrons. The van der Waals surface area contributed by atoms with Crippen molar-refractivity contribution in [3.05, 3.63) is 51.9 Å². The first-order chi connectivity index (χ1) is 13.4. The van der Waals surface area contributed by atoms with Crippen LogP contribution in [0.15, 0.2) is 35.3 Å². The van der Waals surface area contributed by atoms with E-state index in [1.807, 2.05) is 32.0 Å². The third-order valence-electron chi connectivity index (χ3n) is 4.07. The zero-order chi connectivity index (χ0) is 20.5. The van der Waals surface area contributed by atoms with Gasteiger partial charge < -0.3 is 24.5 Å². The molecular weight excluding hydrogens is 360 g/mol. The van der Waals surface area contributed by atoms with Gasteiger partial charge in [0.15, 0.2) is 17.2 Å². The summed E-state index contributed by atoms with van der Waals surface area (Å²) in [6.07, 6.45) is 2.44. The highest BCUT2D eigenvalue weighted by atomic mass is 16.5. The molecule has 2 rings (SSSR count). The fourth-order valence-electron chi connectivity index (χ4n) is 2.55. The average molecular weight is 388 g/mol. The first-order valence-corrected chi connectivity index (χ1v) is 9.25. The molecule has 1 aromatic carbocycles. The van der Waals surface area contributed by atoms with Gasteiger partial charge in [-0.1, -0.05) is 19.9 Å². The lowest BCUT2D eigenvalue weighted by Gasteiger charge is -2.10. The minimum absolute atomic E-state index is 0.101. The molecule has 0 fully saturated rings. The Labute approximate surface area is 165 Å². The second-order valence-electron chi connectivity index (χ2n) is 6.86. The van der Waals surface area contributed by atoms with Crippen molar-refractivity contribution >= 4 is 5.91 Å². The molecule has 7 nitrogen and oxygen atoms in total. The van der Waals surface area contributed by atoms with Crippen molar-refractivity contribution in [3.8, 4) is 17.2 Å². The van der Waals surface area contributed by atoms with Crippen LogP contribution in [-0.4, -0.2) is 31.7 Å². The van der Waals surface area contributed by atoms with Crippen molar-refractivity contribution < 1.29 is 19.0 Å². The molecule has 0 saturated heterocycles. The SMILES string of the molecule is COc1ccc(CCC(=O)NCc2cc(=O)c(OCC(C)C)c[nH]2)cc1OC. The molecule has 152 valence electrons. The lowest BCUT2D eigenvalue weighted by molar-refractivity contribution is -0.121. The van der Waals surface area contributed by atoms with E-state index in [0.717, 1.165) is 5.56 Å². The number of aromatic nitrogens is 1. The highest BCUT2D eigenvalue weighted by Gasteiger charge is 2.08. The molecule has 7 heteroatoms. The highest BCUT2D eigenvalue weighted by Crippen LogP contribution is 2.27. The third kappa shape index (κ3) is 6.33. The van der Waals surface area contributed by atoms with E-state index in [4.69, 9.17) is 14.2 Å². The van der Waals surface area contributed by atoms with E-state index in [1.165, 1.54) is 12.3 Å². The summed E-state index contributed by atoms with van der Waals surface area (Å²) in [6.45, 7) is 4.76. The van der Waals surface area contributed by atoms with Crippen molar-refractivity contribution in [3.63, 3.8) is 0 Å². The quantitative estimate of drug-likeness (QED) is 0.653. The Morgan fingerprint density at radius 1 is 1.11 bits per heavy atom. The number of benzene rings is 1. The maximum absolute atomic E-state index is 12.1. The second-order valence-corrected chi connectivity index (χ2v) is 6.86. The van der Waals surface area contributed by atoms with Crippen molar-refractivity contribution in [2.24, 2.45) is 5.92 Å². The van der Waals surface area contributed by atoms with Crippen LogP contribution in [0, 0.1) is 5.92 Å². The van der Waals surface area contributed by atoms with Crippen LogP contribution >= 0.6 is 0 Å². The van der Waals surface area contributed by atoms with Crippen molar-refractivity contribution in [2.45, 2.75) is 33.2 Å². The van der Waals surface area contributed by atoms with Gasteiger partial charge in [-0.2, -0.15) is 0 Å². The van der Waals surface area contributed by atoms with Crippen molar-refractivity contribution in [1.82, 2.24) is 10.3 Å². The molecular formula is C21H28N2O5. The zero-order valence-corrected chi connectivity index (χ0v) is 16.8. The number of ether oxygens (including phenoxy) is 3. The number of methoxy groups -OCH3 is 2. The van der Waals surface area contributed by atoms with Gasteiger partial charge in [-0.25, -0.2) is 0 Å². The number of carbonyl (C=O) groups excluding carboxylic acids is 1. The lowest BCUT2D eigenvalue weighted by Crippen LogP contribution is -2.24. The van der Waals surface area contributed by atoms with E-state index < -0.39 is 0 Å². The topological polar surface area (TPSA) is 89.6 Å². The number of hydrogen-bond acceptors (Lipinski definition) is 5. The number of rotatable bonds is 10. The number of hydrogen-bond donors (Lipinski definition) is 2. The normalized spacial score (nSPS) is 10.6. The zero-order valence-electron chi connectivity index (χ0n) is 16.8. The number of nitrogens with one attached hydrogen (secondary N) is 2. The highest BCUT2D eigenvalue weighted by molar-refractivity contribution is 5.76. The Morgan fingerprint density at radius 3 is 2.50 bits per heavy atom. The Bertz CT molecular complexity index is 845. The fourth-order valence-corrected chi connectivity index (χ4v) is 2.55. The van der Waals surface area contributed by atoms with Crippen LogP contribution < -0.4 is 25.0 Å². The van der Waals surface area contributed by atoms with Crippen LogP contribution in [0.25, 0.3) is 0 Å². The molecule has 0 saturated carbocycles. The predicted molar refractivity (Wildman–Crippen MR) is 107 cm³/mol. The van der Waals surface area contributed by atoms with E-state index in [1.54, 1.807) is 14.2 Å². The van der Waals surface area contributed by atoms with Gasteiger partial charge in [0.1, 0.15) is 0 Å². The van der Waals surface area contributed by atoms with Crippen LogP contribution in [-0.2, 0) is 17.8 Å². The summed E-state index contributed by atoms with van der Waals surface area (Å²) in [5.74, 6) is 1.82. The molecule has 0 atom stereocenters. The minimum atomic E-state index is -0.200. The number of pyridine rings is 1. The van der Waals surface area contributed by atoms with Gasteiger partial charge in [0.05, 0.1) is 27.4 Å². The van der Waals surface area contributed by atoms with Gasteiger partial charge in [-0.15, -0.1) is 0 Å². The standard InChI is InChI=1S/C21H28N2O5/c1-14(2)13-28-20-12-22-16(10-17(20)24)11-23-21(25)8-6-15-5-7-18(26-3)19(9-15)27-4/h5,7,9-10,12,14H,6,8,11,13H2,1-4H3,(H,22,24)(H,23,25). The van der Waals surface area contributed by atoms with Gasteiger partial charge >= 0.3 is 0 Å². The van der Waals surface area contributed by atoms with Crippen LogP contribution in [0.4, 0.5) is 0 Å². The largest absolute Gasteiger partial charge is 0.493 e. The van der Waals surface area contributed by atoms with Crippen LogP contribution in [0.5, 0.6) is 17.2 Å². The summed E-state index contributed by atoms with van der Waals surface area (Å²) < 4.78 is 15.9. The van der Waals surface area contributed by atoms with Crippen LogP contribution in [0.2, 0.25) is 0 Å². The molecule has 0 aliphatic heterocycles. The summed E-state index contributed by atoms with van der Waals surface area (Å²) in [5.41, 5.74) is 1.41. The molecule has 2 aromatic rings. The molecule has 0 aliphatic rings. The van der Waals surface area contributed by atoms with E-state index in [2.05, 4.69) is 10.3 Å². The number of H-pyrrole nitrogens is 1. The van der Waals surface area contributed by atoms with E-state index in [0.29, 0.717) is 42.6 Å². The maximum Gasteiger partial charge on any atom is 0.223 e. The number of carbonyl (C=O) groups is 1. The number of aryl methyl sites for hydroxylation is 1. The molecule has 28 heavy (non-hydrogen) atoms. The van der Waals surface area contributed by atoms with Gasteiger partial charge in [0, 0.05) is 24.4 Å². The van der Waals surface area contributed by atoms with Gasteiger partial charge in [-0.05, 0) is 30.0 Å². The lowest BCUT2D eigenvalue weighted by atomic mass is 10.1. The van der Waals surface area contributed by atoms with E-state index in [-0.39, 0.29) is 23.6 Å². The Balaban J connectivity index is 1.84. The third-order valence-corrected chi connectivity index (χ3v) is 4.07. The molecule has 1 heterocycles. The van der Waals surface area contributed by atoms with Crippen molar-refractivity contribution in [1.29, 1.82) is 0 Å². The molecule has 0 unspecified atom stereocenters. The number of amides is 1. The summed E-state index contributed by atoms with van der Waals surface area (Å²) in [4.78, 5) is 27.1. The minimum Gasteiger partial charge on any atom is -0.493 e. The summed E-state index contributed by atoms with van der Waals surface area (Å²) in [7, 11) is 3.16.